The Labute approximate surface area is 125 Å². The van der Waals surface area contributed by atoms with Gasteiger partial charge in [0.05, 0.1) is 14.2 Å². The predicted octanol–water partition coefficient (Wildman–Crippen LogP) is 1.37. The van der Waals surface area contributed by atoms with Crippen LogP contribution < -0.4 is 10.1 Å². The van der Waals surface area contributed by atoms with Crippen molar-refractivity contribution < 1.29 is 4.74 Å². The van der Waals surface area contributed by atoms with E-state index < -0.39 is 0 Å². The van der Waals surface area contributed by atoms with Gasteiger partial charge in [-0.2, -0.15) is 4.80 Å². The van der Waals surface area contributed by atoms with Crippen molar-refractivity contribution in [2.45, 2.75) is 32.2 Å². The Morgan fingerprint density at radius 1 is 1.24 bits per heavy atom. The van der Waals surface area contributed by atoms with Gasteiger partial charge in [-0.15, -0.1) is 10.2 Å². The van der Waals surface area contributed by atoms with Gasteiger partial charge in [0, 0.05) is 12.5 Å². The highest BCUT2D eigenvalue weighted by Gasteiger charge is 2.13. The third-order valence-corrected chi connectivity index (χ3v) is 3.30. The third-order valence-electron chi connectivity index (χ3n) is 3.30. The molecule has 2 aromatic rings. The largest absolute Gasteiger partial charge is 0.497 e. The fourth-order valence-corrected chi connectivity index (χ4v) is 2.24. The lowest BCUT2D eigenvalue weighted by atomic mass is 10.0. The topological polar surface area (TPSA) is 64.9 Å². The lowest BCUT2D eigenvalue weighted by molar-refractivity contribution is 0.414. The molecule has 0 aliphatic heterocycles. The monoisotopic (exact) mass is 289 g/mol. The molecular formula is C15H23N5O. The van der Waals surface area contributed by atoms with Crippen LogP contribution >= 0.6 is 0 Å². The Morgan fingerprint density at radius 3 is 2.57 bits per heavy atom. The predicted molar refractivity (Wildman–Crippen MR) is 81.3 cm³/mol. The van der Waals surface area contributed by atoms with Gasteiger partial charge in [-0.3, -0.25) is 0 Å². The maximum absolute atomic E-state index is 5.19. The second-order valence-electron chi connectivity index (χ2n) is 5.10. The van der Waals surface area contributed by atoms with Gasteiger partial charge in [0.2, 0.25) is 0 Å². The van der Waals surface area contributed by atoms with E-state index in [2.05, 4.69) is 39.8 Å². The SMILES string of the molecule is CCCNC(Cc1ccc(OC)cc1)Cc1nnn(C)n1. The Bertz CT molecular complexity index is 537. The van der Waals surface area contributed by atoms with E-state index in [-0.39, 0.29) is 0 Å². The summed E-state index contributed by atoms with van der Waals surface area (Å²) in [6.45, 7) is 3.15. The average Bonchev–Trinajstić information content (AvgIpc) is 2.90. The number of aryl methyl sites for hydroxylation is 1. The number of ether oxygens (including phenoxy) is 1. The van der Waals surface area contributed by atoms with E-state index in [1.54, 1.807) is 14.2 Å². The van der Waals surface area contributed by atoms with Gasteiger partial charge in [-0.1, -0.05) is 19.1 Å². The Balaban J connectivity index is 2.00. The van der Waals surface area contributed by atoms with E-state index in [0.717, 1.165) is 37.4 Å². The zero-order valence-corrected chi connectivity index (χ0v) is 12.9. The Hall–Kier alpha value is -1.95. The Kier molecular flexibility index (Phi) is 5.68. The van der Waals surface area contributed by atoms with Gasteiger partial charge in [0.1, 0.15) is 5.75 Å². The lowest BCUT2D eigenvalue weighted by Gasteiger charge is -2.17. The molecule has 0 aliphatic rings. The van der Waals surface area contributed by atoms with Crippen LogP contribution in [0.2, 0.25) is 0 Å². The number of aromatic nitrogens is 4. The molecule has 21 heavy (non-hydrogen) atoms. The molecule has 0 bridgehead atoms. The van der Waals surface area contributed by atoms with Crippen molar-refractivity contribution in [3.63, 3.8) is 0 Å². The zero-order chi connectivity index (χ0) is 15.1. The highest BCUT2D eigenvalue weighted by molar-refractivity contribution is 5.27. The van der Waals surface area contributed by atoms with Gasteiger partial charge in [0.25, 0.3) is 0 Å². The molecule has 0 saturated heterocycles. The summed E-state index contributed by atoms with van der Waals surface area (Å²) < 4.78 is 5.19. The van der Waals surface area contributed by atoms with Crippen LogP contribution in [0.5, 0.6) is 5.75 Å². The van der Waals surface area contributed by atoms with Crippen LogP contribution in [0.1, 0.15) is 24.7 Å². The number of methoxy groups -OCH3 is 1. The normalized spacial score (nSPS) is 12.3. The van der Waals surface area contributed by atoms with Crippen molar-refractivity contribution in [2.75, 3.05) is 13.7 Å². The molecule has 1 unspecified atom stereocenters. The van der Waals surface area contributed by atoms with Crippen molar-refractivity contribution in [1.29, 1.82) is 0 Å². The van der Waals surface area contributed by atoms with E-state index in [1.165, 1.54) is 10.4 Å². The van der Waals surface area contributed by atoms with E-state index >= 15 is 0 Å². The molecule has 0 aliphatic carbocycles. The molecule has 2 rings (SSSR count). The molecular weight excluding hydrogens is 266 g/mol. The number of rotatable bonds is 8. The molecule has 0 fully saturated rings. The number of hydrogen-bond donors (Lipinski definition) is 1. The van der Waals surface area contributed by atoms with Gasteiger partial charge in [0.15, 0.2) is 5.82 Å². The van der Waals surface area contributed by atoms with Crippen molar-refractivity contribution in [2.24, 2.45) is 7.05 Å². The molecule has 114 valence electrons. The van der Waals surface area contributed by atoms with Crippen LogP contribution in [-0.4, -0.2) is 39.9 Å². The minimum Gasteiger partial charge on any atom is -0.497 e. The summed E-state index contributed by atoms with van der Waals surface area (Å²) in [6.07, 6.45) is 2.81. The third kappa shape index (κ3) is 4.82. The van der Waals surface area contributed by atoms with Crippen LogP contribution in [0.15, 0.2) is 24.3 Å². The van der Waals surface area contributed by atoms with Crippen LogP contribution in [0, 0.1) is 0 Å². The quantitative estimate of drug-likeness (QED) is 0.795. The number of benzene rings is 1. The summed E-state index contributed by atoms with van der Waals surface area (Å²) in [4.78, 5) is 1.50. The second-order valence-corrected chi connectivity index (χ2v) is 5.10. The molecule has 6 nitrogen and oxygen atoms in total. The summed E-state index contributed by atoms with van der Waals surface area (Å²) in [5.41, 5.74) is 1.27. The average molecular weight is 289 g/mol. The molecule has 0 radical (unpaired) electrons. The van der Waals surface area contributed by atoms with Crippen molar-refractivity contribution in [1.82, 2.24) is 25.5 Å². The molecule has 6 heteroatoms. The maximum Gasteiger partial charge on any atom is 0.176 e. The first-order valence-electron chi connectivity index (χ1n) is 7.30. The summed E-state index contributed by atoms with van der Waals surface area (Å²) >= 11 is 0. The first-order valence-corrected chi connectivity index (χ1v) is 7.30. The second kappa shape index (κ2) is 7.73. The van der Waals surface area contributed by atoms with Crippen molar-refractivity contribution >= 4 is 0 Å². The molecule has 1 heterocycles. The minimum absolute atomic E-state index is 0.308. The molecule has 0 spiro atoms. The standard InChI is InChI=1S/C15H23N5O/c1-4-9-16-13(11-15-17-19-20(2)18-15)10-12-5-7-14(21-3)8-6-12/h5-8,13,16H,4,9-11H2,1-3H3. The first-order chi connectivity index (χ1) is 10.2. The number of nitrogens with one attached hydrogen (secondary N) is 1. The van der Waals surface area contributed by atoms with Crippen molar-refractivity contribution in [3.05, 3.63) is 35.7 Å². The maximum atomic E-state index is 5.19. The summed E-state index contributed by atoms with van der Waals surface area (Å²) in [5.74, 6) is 1.66. The van der Waals surface area contributed by atoms with E-state index in [0.29, 0.717) is 6.04 Å². The molecule has 0 saturated carbocycles. The highest BCUT2D eigenvalue weighted by Crippen LogP contribution is 2.13. The van der Waals surface area contributed by atoms with Crippen LogP contribution in [0.25, 0.3) is 0 Å². The minimum atomic E-state index is 0.308. The van der Waals surface area contributed by atoms with Gasteiger partial charge >= 0.3 is 0 Å². The molecule has 0 amide bonds. The smallest absolute Gasteiger partial charge is 0.176 e. The number of tetrazole rings is 1. The molecule has 1 aromatic heterocycles. The van der Waals surface area contributed by atoms with Crippen LogP contribution in [0.3, 0.4) is 0 Å². The summed E-state index contributed by atoms with van der Waals surface area (Å²) in [6, 6.07) is 8.50. The van der Waals surface area contributed by atoms with E-state index in [1.807, 2.05) is 12.1 Å². The fraction of sp³-hybridized carbons (Fsp3) is 0.533. The van der Waals surface area contributed by atoms with E-state index in [4.69, 9.17) is 4.74 Å². The van der Waals surface area contributed by atoms with Crippen LogP contribution in [-0.2, 0) is 19.9 Å². The van der Waals surface area contributed by atoms with Gasteiger partial charge in [-0.25, -0.2) is 0 Å². The zero-order valence-electron chi connectivity index (χ0n) is 12.9. The molecule has 1 atom stereocenters. The summed E-state index contributed by atoms with van der Waals surface area (Å²) in [5, 5.41) is 15.8. The summed E-state index contributed by atoms with van der Waals surface area (Å²) in [7, 11) is 3.47. The number of nitrogens with zero attached hydrogens (tertiary/aromatic N) is 4. The molecule has 1 N–H and O–H groups in total. The van der Waals surface area contributed by atoms with Gasteiger partial charge in [-0.05, 0) is 42.3 Å². The number of hydrogen-bond acceptors (Lipinski definition) is 5. The van der Waals surface area contributed by atoms with E-state index in [9.17, 15) is 0 Å². The van der Waals surface area contributed by atoms with Crippen molar-refractivity contribution in [3.8, 4) is 5.75 Å². The van der Waals surface area contributed by atoms with Crippen LogP contribution in [0.4, 0.5) is 0 Å². The lowest BCUT2D eigenvalue weighted by Crippen LogP contribution is -2.34. The molecule has 1 aromatic carbocycles. The fourth-order valence-electron chi connectivity index (χ4n) is 2.24. The highest BCUT2D eigenvalue weighted by atomic mass is 16.5. The van der Waals surface area contributed by atoms with Gasteiger partial charge < -0.3 is 10.1 Å². The first kappa shape index (κ1) is 15.4. The Morgan fingerprint density at radius 2 is 2.00 bits per heavy atom.